The fourth-order valence-corrected chi connectivity index (χ4v) is 1.58. The number of rotatable bonds is 8. The molecule has 0 aliphatic heterocycles. The van der Waals surface area contributed by atoms with Crippen LogP contribution in [-0.2, 0) is 26.7 Å². The first kappa shape index (κ1) is 26.7. The van der Waals surface area contributed by atoms with Gasteiger partial charge in [0.25, 0.3) is 0 Å². The maximum Gasteiger partial charge on any atom is 3.00 e. The van der Waals surface area contributed by atoms with Gasteiger partial charge in [0, 0.05) is 0 Å². The van der Waals surface area contributed by atoms with Gasteiger partial charge in [0.1, 0.15) is 12.6 Å². The number of allylic oxidation sites excluding steroid dienone is 8. The van der Waals surface area contributed by atoms with Crippen LogP contribution in [0.15, 0.2) is 46.6 Å². The smallest absolute Gasteiger partial charge is 0.299 e. The zero-order valence-electron chi connectivity index (χ0n) is 15.5. The summed E-state index contributed by atoms with van der Waals surface area (Å²) in [6.45, 7) is 12.3. The average Bonchev–Trinajstić information content (AvgIpc) is 2.39. The van der Waals surface area contributed by atoms with Crippen LogP contribution in [0.1, 0.15) is 67.2 Å². The summed E-state index contributed by atoms with van der Waals surface area (Å²) >= 11 is 0. The molecule has 0 saturated carbocycles. The Hall–Kier alpha value is -1.18. The summed E-state index contributed by atoms with van der Waals surface area (Å²) in [6.07, 6.45) is 13.4. The second-order valence-electron chi connectivity index (χ2n) is 5.94. The Balaban J connectivity index is -0.000000333. The monoisotopic (exact) mass is 360 g/mol. The van der Waals surface area contributed by atoms with Gasteiger partial charge in [0.15, 0.2) is 0 Å². The molecule has 0 bridgehead atoms. The van der Waals surface area contributed by atoms with Crippen molar-refractivity contribution in [1.82, 2.24) is 0 Å². The van der Waals surface area contributed by atoms with Gasteiger partial charge in [-0.25, -0.2) is 0 Å². The quantitative estimate of drug-likeness (QED) is 0.239. The van der Waals surface area contributed by atoms with Crippen LogP contribution in [0.3, 0.4) is 0 Å². The van der Waals surface area contributed by atoms with E-state index in [9.17, 15) is 9.59 Å². The van der Waals surface area contributed by atoms with Crippen LogP contribution < -0.4 is 0 Å². The van der Waals surface area contributed by atoms with Crippen molar-refractivity contribution in [1.29, 1.82) is 0 Å². The average molecular weight is 360 g/mol. The third-order valence-corrected chi connectivity index (χ3v) is 2.89. The third-order valence-electron chi connectivity index (χ3n) is 2.89. The van der Waals surface area contributed by atoms with E-state index in [4.69, 9.17) is 0 Å². The summed E-state index contributed by atoms with van der Waals surface area (Å²) < 4.78 is 0. The number of carbonyl (C=O) groups excluding carboxylic acids is 2. The Morgan fingerprint density at radius 1 is 0.652 bits per heavy atom. The molecule has 0 heterocycles. The van der Waals surface area contributed by atoms with Gasteiger partial charge >= 0.3 is 17.1 Å². The van der Waals surface area contributed by atoms with Crippen LogP contribution in [0.2, 0.25) is 0 Å². The molecule has 0 saturated heterocycles. The molecule has 0 aromatic rings. The maximum atomic E-state index is 10.0. The zero-order valence-corrected chi connectivity index (χ0v) is 16.6. The van der Waals surface area contributed by atoms with E-state index < -0.39 is 0 Å². The van der Waals surface area contributed by atoms with Crippen molar-refractivity contribution >= 4 is 12.6 Å². The molecule has 0 fully saturated rings. The van der Waals surface area contributed by atoms with E-state index in [-0.39, 0.29) is 17.1 Å². The number of aldehydes is 2. The van der Waals surface area contributed by atoms with E-state index >= 15 is 0 Å². The molecule has 1 radical (unpaired) electrons. The Bertz CT molecular complexity index is 391. The molecule has 0 unspecified atom stereocenters. The summed E-state index contributed by atoms with van der Waals surface area (Å²) in [4.78, 5) is 20.0. The van der Waals surface area contributed by atoms with Gasteiger partial charge in [-0.05, 0) is 79.4 Å². The third kappa shape index (κ3) is 26.1. The van der Waals surface area contributed by atoms with Crippen molar-refractivity contribution < 1.29 is 26.7 Å². The SMILES string of the molecule is CC(C)=CCC/C(C)=C\C=O.CC(C)=CCC/C(C)=C\C=O.[Fe+3]. The molecule has 23 heavy (non-hydrogen) atoms. The van der Waals surface area contributed by atoms with Crippen LogP contribution in [0, 0.1) is 0 Å². The van der Waals surface area contributed by atoms with Crippen molar-refractivity contribution in [3.63, 3.8) is 0 Å². The Morgan fingerprint density at radius 3 is 1.17 bits per heavy atom. The molecular weight excluding hydrogens is 328 g/mol. The minimum Gasteiger partial charge on any atom is -0.299 e. The standard InChI is InChI=1S/2C10H16O.Fe/c2*1-9(2)5-4-6-10(3)7-8-11;/h2*5,7-8H,4,6H2,1-3H3;/q;;+3/b2*10-7-;. The molecular formula is C20H32FeO2+3. The Labute approximate surface area is 153 Å². The van der Waals surface area contributed by atoms with Gasteiger partial charge in [-0.2, -0.15) is 0 Å². The van der Waals surface area contributed by atoms with Crippen LogP contribution in [0.25, 0.3) is 0 Å². The van der Waals surface area contributed by atoms with E-state index in [1.807, 2.05) is 13.8 Å². The molecule has 0 aromatic carbocycles. The van der Waals surface area contributed by atoms with Gasteiger partial charge in [-0.1, -0.05) is 34.4 Å². The molecule has 129 valence electrons. The molecule has 0 atom stereocenters. The Kier molecular flexibility index (Phi) is 21.9. The molecule has 0 aliphatic carbocycles. The number of carbonyl (C=O) groups is 2. The van der Waals surface area contributed by atoms with E-state index in [1.54, 1.807) is 12.2 Å². The van der Waals surface area contributed by atoms with Crippen LogP contribution in [0.4, 0.5) is 0 Å². The first-order valence-electron chi connectivity index (χ1n) is 7.82. The summed E-state index contributed by atoms with van der Waals surface area (Å²) in [5.41, 5.74) is 4.97. The molecule has 3 heteroatoms. The predicted molar refractivity (Wildman–Crippen MR) is 97.0 cm³/mol. The van der Waals surface area contributed by atoms with Crippen molar-refractivity contribution in [2.75, 3.05) is 0 Å². The summed E-state index contributed by atoms with van der Waals surface area (Å²) in [5.74, 6) is 0. The van der Waals surface area contributed by atoms with Crippen molar-refractivity contribution in [2.45, 2.75) is 67.2 Å². The van der Waals surface area contributed by atoms with E-state index in [2.05, 4.69) is 39.8 Å². The molecule has 0 aliphatic rings. The molecule has 0 amide bonds. The zero-order chi connectivity index (χ0) is 17.4. The number of hydrogen-bond donors (Lipinski definition) is 0. The fourth-order valence-electron chi connectivity index (χ4n) is 1.58. The minimum atomic E-state index is 0. The molecule has 0 rings (SSSR count). The summed E-state index contributed by atoms with van der Waals surface area (Å²) in [6, 6.07) is 0. The second kappa shape index (κ2) is 18.9. The topological polar surface area (TPSA) is 34.1 Å². The molecule has 0 aromatic heterocycles. The fraction of sp³-hybridized carbons (Fsp3) is 0.500. The van der Waals surface area contributed by atoms with E-state index in [1.165, 1.54) is 11.1 Å². The van der Waals surface area contributed by atoms with Gasteiger partial charge in [-0.3, -0.25) is 9.59 Å². The first-order valence-corrected chi connectivity index (χ1v) is 7.82. The van der Waals surface area contributed by atoms with Gasteiger partial charge in [-0.15, -0.1) is 0 Å². The predicted octanol–water partition coefficient (Wildman–Crippen LogP) is 5.75. The molecule has 0 spiro atoms. The van der Waals surface area contributed by atoms with E-state index in [0.29, 0.717) is 0 Å². The maximum absolute atomic E-state index is 10.0. The van der Waals surface area contributed by atoms with Crippen molar-refractivity contribution in [3.05, 3.63) is 46.6 Å². The first-order chi connectivity index (χ1) is 10.3. The van der Waals surface area contributed by atoms with Crippen LogP contribution in [0.5, 0.6) is 0 Å². The second-order valence-corrected chi connectivity index (χ2v) is 5.94. The van der Waals surface area contributed by atoms with Crippen molar-refractivity contribution in [3.8, 4) is 0 Å². The largest absolute Gasteiger partial charge is 3.00 e. The summed E-state index contributed by atoms with van der Waals surface area (Å²) in [5, 5.41) is 0. The summed E-state index contributed by atoms with van der Waals surface area (Å²) in [7, 11) is 0. The molecule has 2 nitrogen and oxygen atoms in total. The van der Waals surface area contributed by atoms with Crippen molar-refractivity contribution in [2.24, 2.45) is 0 Å². The minimum absolute atomic E-state index is 0. The normalized spacial score (nSPS) is 10.5. The van der Waals surface area contributed by atoms with Crippen LogP contribution in [-0.4, -0.2) is 12.6 Å². The number of hydrogen-bond acceptors (Lipinski definition) is 2. The molecule has 0 N–H and O–H groups in total. The van der Waals surface area contributed by atoms with Crippen LogP contribution >= 0.6 is 0 Å². The van der Waals surface area contributed by atoms with Gasteiger partial charge in [0.2, 0.25) is 0 Å². The Morgan fingerprint density at radius 2 is 0.957 bits per heavy atom. The van der Waals surface area contributed by atoms with Gasteiger partial charge in [0.05, 0.1) is 0 Å². The van der Waals surface area contributed by atoms with E-state index in [0.717, 1.165) is 49.4 Å². The van der Waals surface area contributed by atoms with Gasteiger partial charge < -0.3 is 0 Å².